The number of nitrogens with zero attached hydrogens (tertiary/aromatic N) is 3. The molecule has 0 amide bonds. The Balaban J connectivity index is 0.00000289. The molecule has 0 aliphatic carbocycles. The molecule has 0 spiro atoms. The molecule has 0 fully saturated rings. The molecule has 9 heteroatoms. The third-order valence-electron chi connectivity index (χ3n) is 4.84. The second kappa shape index (κ2) is 9.23. The van der Waals surface area contributed by atoms with Crippen LogP contribution >= 0.6 is 11.3 Å². The molecule has 1 N–H and O–H groups in total. The Labute approximate surface area is 184 Å². The van der Waals surface area contributed by atoms with Crippen LogP contribution in [0, 0.1) is 0 Å². The lowest BCUT2D eigenvalue weighted by Crippen LogP contribution is -2.12. The second-order valence-corrected chi connectivity index (χ2v) is 8.01. The van der Waals surface area contributed by atoms with E-state index in [-0.39, 0.29) is 31.4 Å². The standard InChI is InChI=1S/C22H22N4O4S.H2/c1-3-30-21(27)13-29-12-15-4-7-20(23-11-15)26-9-8-17(25-26)14(2)16-5-6-18-19(10-16)31-22(28)24-18;/h4-11,14H,3,12-13H2,1-2H3,(H,24,28);1H. The van der Waals surface area contributed by atoms with Gasteiger partial charge in [0.15, 0.2) is 5.82 Å². The van der Waals surface area contributed by atoms with Gasteiger partial charge >= 0.3 is 10.8 Å². The first-order valence-corrected chi connectivity index (χ1v) is 10.7. The Hall–Kier alpha value is -3.30. The van der Waals surface area contributed by atoms with Crippen LogP contribution in [-0.4, -0.2) is 38.9 Å². The first-order valence-electron chi connectivity index (χ1n) is 9.90. The minimum Gasteiger partial charge on any atom is -0.464 e. The fourth-order valence-corrected chi connectivity index (χ4v) is 3.98. The van der Waals surface area contributed by atoms with Crippen LogP contribution < -0.4 is 4.87 Å². The van der Waals surface area contributed by atoms with Crippen molar-refractivity contribution >= 4 is 27.5 Å². The van der Waals surface area contributed by atoms with Crippen molar-refractivity contribution in [1.29, 1.82) is 0 Å². The third kappa shape index (κ3) is 4.89. The van der Waals surface area contributed by atoms with Gasteiger partial charge in [0, 0.05) is 19.7 Å². The molecule has 0 saturated carbocycles. The van der Waals surface area contributed by atoms with Crippen molar-refractivity contribution in [1.82, 2.24) is 19.7 Å². The van der Waals surface area contributed by atoms with Crippen LogP contribution in [0.3, 0.4) is 0 Å². The summed E-state index contributed by atoms with van der Waals surface area (Å²) in [6.45, 7) is 4.38. The molecule has 1 atom stereocenters. The molecular formula is C22H24N4O4S. The van der Waals surface area contributed by atoms with Gasteiger partial charge in [0.2, 0.25) is 0 Å². The largest absolute Gasteiger partial charge is 0.464 e. The number of pyridine rings is 1. The number of aromatic amines is 1. The van der Waals surface area contributed by atoms with Crippen molar-refractivity contribution in [2.45, 2.75) is 26.4 Å². The number of nitrogens with one attached hydrogen (secondary N) is 1. The van der Waals surface area contributed by atoms with E-state index in [1.165, 1.54) is 11.3 Å². The van der Waals surface area contributed by atoms with E-state index in [0.717, 1.165) is 27.0 Å². The number of esters is 1. The van der Waals surface area contributed by atoms with E-state index in [2.05, 4.69) is 22.0 Å². The molecule has 0 radical (unpaired) electrons. The molecule has 31 heavy (non-hydrogen) atoms. The molecule has 1 aromatic carbocycles. The Morgan fingerprint density at radius 2 is 2.16 bits per heavy atom. The summed E-state index contributed by atoms with van der Waals surface area (Å²) in [5.41, 5.74) is 3.71. The van der Waals surface area contributed by atoms with Crippen LogP contribution in [0.1, 0.15) is 38.0 Å². The van der Waals surface area contributed by atoms with E-state index in [1.54, 1.807) is 17.8 Å². The van der Waals surface area contributed by atoms with E-state index in [0.29, 0.717) is 12.4 Å². The molecule has 0 aliphatic heterocycles. The zero-order valence-electron chi connectivity index (χ0n) is 17.2. The summed E-state index contributed by atoms with van der Waals surface area (Å²) in [6.07, 6.45) is 3.57. The quantitative estimate of drug-likeness (QED) is 0.420. The summed E-state index contributed by atoms with van der Waals surface area (Å²) < 4.78 is 12.8. The molecular weight excluding hydrogens is 416 g/mol. The van der Waals surface area contributed by atoms with Crippen LogP contribution in [-0.2, 0) is 20.9 Å². The van der Waals surface area contributed by atoms with E-state index in [1.807, 2.05) is 42.6 Å². The summed E-state index contributed by atoms with van der Waals surface area (Å²) >= 11 is 1.21. The smallest absolute Gasteiger partial charge is 0.332 e. The fourth-order valence-electron chi connectivity index (χ4n) is 3.19. The molecule has 8 nitrogen and oxygen atoms in total. The molecule has 4 aromatic rings. The maximum atomic E-state index is 11.6. The predicted octanol–water partition coefficient (Wildman–Crippen LogP) is 3.65. The van der Waals surface area contributed by atoms with Crippen molar-refractivity contribution in [3.8, 4) is 5.82 Å². The minimum absolute atomic E-state index is 0. The predicted molar refractivity (Wildman–Crippen MR) is 120 cm³/mol. The molecule has 0 bridgehead atoms. The normalized spacial score (nSPS) is 12.2. The van der Waals surface area contributed by atoms with Gasteiger partial charge in [-0.1, -0.05) is 30.4 Å². The van der Waals surface area contributed by atoms with E-state index < -0.39 is 0 Å². The van der Waals surface area contributed by atoms with Crippen molar-refractivity contribution in [2.75, 3.05) is 13.2 Å². The lowest BCUT2D eigenvalue weighted by molar-refractivity contribution is -0.148. The van der Waals surface area contributed by atoms with Gasteiger partial charge in [0.05, 0.1) is 29.1 Å². The Bertz CT molecular complexity index is 1250. The average Bonchev–Trinajstić information content (AvgIpc) is 3.39. The Morgan fingerprint density at radius 3 is 2.94 bits per heavy atom. The highest BCUT2D eigenvalue weighted by atomic mass is 32.1. The molecule has 0 saturated heterocycles. The summed E-state index contributed by atoms with van der Waals surface area (Å²) in [5, 5.41) is 4.67. The highest BCUT2D eigenvalue weighted by molar-refractivity contribution is 7.16. The lowest BCUT2D eigenvalue weighted by Gasteiger charge is -2.09. The molecule has 3 aromatic heterocycles. The highest BCUT2D eigenvalue weighted by Gasteiger charge is 2.14. The van der Waals surface area contributed by atoms with Gasteiger partial charge in [0.25, 0.3) is 0 Å². The van der Waals surface area contributed by atoms with E-state index in [9.17, 15) is 9.59 Å². The number of hydrogen-bond donors (Lipinski definition) is 1. The van der Waals surface area contributed by atoms with Crippen LogP contribution in [0.2, 0.25) is 0 Å². The SMILES string of the molecule is CCOC(=O)COCc1ccc(-n2ccc(C(C)c3ccc4[nH]c(=O)sc4c3)n2)nc1.[HH]. The van der Waals surface area contributed by atoms with Crippen LogP contribution in [0.5, 0.6) is 0 Å². The minimum atomic E-state index is -0.380. The molecule has 162 valence electrons. The van der Waals surface area contributed by atoms with Gasteiger partial charge in [-0.05, 0) is 42.3 Å². The highest BCUT2D eigenvalue weighted by Crippen LogP contribution is 2.26. The van der Waals surface area contributed by atoms with Gasteiger partial charge in [-0.2, -0.15) is 5.10 Å². The fraction of sp³-hybridized carbons (Fsp3) is 0.273. The monoisotopic (exact) mass is 440 g/mol. The average molecular weight is 441 g/mol. The summed E-state index contributed by atoms with van der Waals surface area (Å²) in [6, 6.07) is 11.7. The van der Waals surface area contributed by atoms with Crippen molar-refractivity contribution in [2.24, 2.45) is 0 Å². The number of rotatable bonds is 8. The van der Waals surface area contributed by atoms with E-state index >= 15 is 0 Å². The zero-order valence-corrected chi connectivity index (χ0v) is 18.0. The first kappa shape index (κ1) is 21.0. The number of hydrogen-bond acceptors (Lipinski definition) is 7. The number of aromatic nitrogens is 4. The third-order valence-corrected chi connectivity index (χ3v) is 5.68. The molecule has 1 unspecified atom stereocenters. The first-order chi connectivity index (χ1) is 15.0. The van der Waals surface area contributed by atoms with Crippen molar-refractivity contribution < 1.29 is 15.7 Å². The van der Waals surface area contributed by atoms with Crippen LogP contribution in [0.15, 0.2) is 53.6 Å². The summed E-state index contributed by atoms with van der Waals surface area (Å²) in [7, 11) is 0. The maximum absolute atomic E-state index is 11.6. The van der Waals surface area contributed by atoms with Gasteiger partial charge in [-0.15, -0.1) is 0 Å². The number of thiazole rings is 1. The molecule has 3 heterocycles. The van der Waals surface area contributed by atoms with Crippen molar-refractivity contribution in [3.05, 3.63) is 75.3 Å². The number of carbonyl (C=O) groups excluding carboxylic acids is 1. The Kier molecular flexibility index (Phi) is 6.24. The number of ether oxygens (including phenoxy) is 2. The molecule has 4 rings (SSSR count). The van der Waals surface area contributed by atoms with Gasteiger partial charge in [-0.25, -0.2) is 14.5 Å². The number of benzene rings is 1. The topological polar surface area (TPSA) is 99.1 Å². The van der Waals surface area contributed by atoms with Gasteiger partial charge in [0.1, 0.15) is 6.61 Å². The van der Waals surface area contributed by atoms with Crippen LogP contribution in [0.4, 0.5) is 0 Å². The van der Waals surface area contributed by atoms with Gasteiger partial charge < -0.3 is 14.5 Å². The number of fused-ring (bicyclic) bond motifs is 1. The molecule has 0 aliphatic rings. The van der Waals surface area contributed by atoms with Crippen LogP contribution in [0.25, 0.3) is 16.0 Å². The van der Waals surface area contributed by atoms with Crippen molar-refractivity contribution in [3.63, 3.8) is 0 Å². The van der Waals surface area contributed by atoms with Gasteiger partial charge in [-0.3, -0.25) is 4.79 Å². The number of H-pyrrole nitrogens is 1. The zero-order chi connectivity index (χ0) is 21.8. The second-order valence-electron chi connectivity index (χ2n) is 7.00. The number of carbonyl (C=O) groups is 1. The summed E-state index contributed by atoms with van der Waals surface area (Å²) in [5.74, 6) is 0.375. The van der Waals surface area contributed by atoms with E-state index in [4.69, 9.17) is 9.47 Å². The lowest BCUT2D eigenvalue weighted by atomic mass is 9.98. The summed E-state index contributed by atoms with van der Waals surface area (Å²) in [4.78, 5) is 30.1. The maximum Gasteiger partial charge on any atom is 0.332 e. The Morgan fingerprint density at radius 1 is 1.29 bits per heavy atom.